The van der Waals surface area contributed by atoms with Gasteiger partial charge in [0.1, 0.15) is 0 Å². The van der Waals surface area contributed by atoms with Gasteiger partial charge in [-0.2, -0.15) is 0 Å². The van der Waals surface area contributed by atoms with Crippen molar-refractivity contribution >= 4 is 5.69 Å². The van der Waals surface area contributed by atoms with Gasteiger partial charge < -0.3 is 10.2 Å². The number of likely N-dealkylation sites (N-methyl/N-ethyl adjacent to an activating group) is 1. The van der Waals surface area contributed by atoms with Crippen LogP contribution >= 0.6 is 0 Å². The third-order valence-corrected chi connectivity index (χ3v) is 2.54. The zero-order valence-corrected chi connectivity index (χ0v) is 11.0. The van der Waals surface area contributed by atoms with Crippen molar-refractivity contribution in [1.29, 1.82) is 0 Å². The Bertz CT molecular complexity index is 287. The summed E-state index contributed by atoms with van der Waals surface area (Å²) in [6.45, 7) is 11.9. The molecule has 1 aromatic carbocycles. The third kappa shape index (κ3) is 4.67. The average molecular weight is 220 g/mol. The topological polar surface area (TPSA) is 15.3 Å². The minimum absolute atomic E-state index is 0.204. The number of para-hydroxylation sites is 1. The van der Waals surface area contributed by atoms with Crippen LogP contribution in [0.15, 0.2) is 30.3 Å². The van der Waals surface area contributed by atoms with Crippen LogP contribution in [0.3, 0.4) is 0 Å². The largest absolute Gasteiger partial charge is 0.371 e. The molecule has 90 valence electrons. The Morgan fingerprint density at radius 1 is 1.12 bits per heavy atom. The standard InChI is InChI=1S/C14H24N2/c1-5-16(12-11-15-14(2,3)4)13-9-7-6-8-10-13/h6-10,15H,5,11-12H2,1-4H3. The van der Waals surface area contributed by atoms with Gasteiger partial charge in [-0.15, -0.1) is 0 Å². The van der Waals surface area contributed by atoms with Crippen LogP contribution in [0.4, 0.5) is 5.69 Å². The lowest BCUT2D eigenvalue weighted by Crippen LogP contribution is -2.41. The highest BCUT2D eigenvalue weighted by atomic mass is 15.1. The van der Waals surface area contributed by atoms with E-state index in [4.69, 9.17) is 0 Å². The summed E-state index contributed by atoms with van der Waals surface area (Å²) in [4.78, 5) is 2.39. The van der Waals surface area contributed by atoms with Gasteiger partial charge in [-0.05, 0) is 39.8 Å². The lowest BCUT2D eigenvalue weighted by molar-refractivity contribution is 0.429. The lowest BCUT2D eigenvalue weighted by Gasteiger charge is -2.26. The second-order valence-electron chi connectivity index (χ2n) is 5.09. The molecule has 2 nitrogen and oxygen atoms in total. The highest BCUT2D eigenvalue weighted by Gasteiger charge is 2.09. The van der Waals surface area contributed by atoms with Crippen molar-refractivity contribution in [1.82, 2.24) is 5.32 Å². The molecular formula is C14H24N2. The molecule has 0 aliphatic rings. The van der Waals surface area contributed by atoms with Crippen LogP contribution in [0.2, 0.25) is 0 Å². The zero-order valence-electron chi connectivity index (χ0n) is 11.0. The smallest absolute Gasteiger partial charge is 0.0366 e. The second kappa shape index (κ2) is 5.90. The lowest BCUT2D eigenvalue weighted by atomic mass is 10.1. The predicted octanol–water partition coefficient (Wildman–Crippen LogP) is 2.90. The maximum absolute atomic E-state index is 3.51. The van der Waals surface area contributed by atoms with Crippen LogP contribution in [0.25, 0.3) is 0 Å². The molecule has 0 heterocycles. The zero-order chi connectivity index (χ0) is 12.0. The van der Waals surface area contributed by atoms with Gasteiger partial charge in [0.15, 0.2) is 0 Å². The Balaban J connectivity index is 2.45. The number of anilines is 1. The van der Waals surface area contributed by atoms with Crippen LogP contribution in [0.1, 0.15) is 27.7 Å². The van der Waals surface area contributed by atoms with Gasteiger partial charge in [0.25, 0.3) is 0 Å². The molecule has 0 unspecified atom stereocenters. The summed E-state index contributed by atoms with van der Waals surface area (Å²) in [5, 5.41) is 3.51. The predicted molar refractivity (Wildman–Crippen MR) is 72.1 cm³/mol. The molecule has 1 rings (SSSR count). The fourth-order valence-electron chi connectivity index (χ4n) is 1.67. The maximum atomic E-state index is 3.51. The first kappa shape index (κ1) is 13.0. The Morgan fingerprint density at radius 2 is 1.75 bits per heavy atom. The highest BCUT2D eigenvalue weighted by Crippen LogP contribution is 2.12. The molecule has 0 saturated carbocycles. The molecule has 1 aromatic rings. The van der Waals surface area contributed by atoms with Crippen molar-refractivity contribution in [2.24, 2.45) is 0 Å². The van der Waals surface area contributed by atoms with Crippen molar-refractivity contribution in [3.8, 4) is 0 Å². The molecule has 0 bridgehead atoms. The molecule has 0 amide bonds. The van der Waals surface area contributed by atoms with E-state index in [0.29, 0.717) is 0 Å². The van der Waals surface area contributed by atoms with Crippen LogP contribution in [0.5, 0.6) is 0 Å². The molecule has 0 fully saturated rings. The Kier molecular flexibility index (Phi) is 4.81. The molecule has 0 atom stereocenters. The molecule has 1 N–H and O–H groups in total. The SMILES string of the molecule is CCN(CCNC(C)(C)C)c1ccccc1. The monoisotopic (exact) mass is 220 g/mol. The van der Waals surface area contributed by atoms with Crippen LogP contribution in [-0.2, 0) is 0 Å². The third-order valence-electron chi connectivity index (χ3n) is 2.54. The van der Waals surface area contributed by atoms with Crippen LogP contribution in [0, 0.1) is 0 Å². The average Bonchev–Trinajstić information content (AvgIpc) is 2.24. The van der Waals surface area contributed by atoms with E-state index < -0.39 is 0 Å². The van der Waals surface area contributed by atoms with Gasteiger partial charge in [-0.3, -0.25) is 0 Å². The molecule has 0 aliphatic carbocycles. The summed E-state index contributed by atoms with van der Waals surface area (Å²) in [6, 6.07) is 10.6. The summed E-state index contributed by atoms with van der Waals surface area (Å²) < 4.78 is 0. The number of hydrogen-bond donors (Lipinski definition) is 1. The fraction of sp³-hybridized carbons (Fsp3) is 0.571. The van der Waals surface area contributed by atoms with E-state index in [0.717, 1.165) is 19.6 Å². The van der Waals surface area contributed by atoms with E-state index in [1.54, 1.807) is 0 Å². The second-order valence-corrected chi connectivity index (χ2v) is 5.09. The van der Waals surface area contributed by atoms with E-state index in [1.165, 1.54) is 5.69 Å². The normalized spacial score (nSPS) is 11.5. The summed E-state index contributed by atoms with van der Waals surface area (Å²) in [7, 11) is 0. The summed E-state index contributed by atoms with van der Waals surface area (Å²) in [6.07, 6.45) is 0. The molecule has 0 spiro atoms. The van der Waals surface area contributed by atoms with Crippen LogP contribution < -0.4 is 10.2 Å². The first-order valence-corrected chi connectivity index (χ1v) is 6.08. The fourth-order valence-corrected chi connectivity index (χ4v) is 1.67. The Labute approximate surface area is 99.7 Å². The molecule has 0 radical (unpaired) electrons. The minimum atomic E-state index is 0.204. The number of rotatable bonds is 5. The van der Waals surface area contributed by atoms with Crippen molar-refractivity contribution in [2.75, 3.05) is 24.5 Å². The molecular weight excluding hydrogens is 196 g/mol. The quantitative estimate of drug-likeness (QED) is 0.821. The highest BCUT2D eigenvalue weighted by molar-refractivity contribution is 5.45. The number of nitrogens with one attached hydrogen (secondary N) is 1. The van der Waals surface area contributed by atoms with E-state index in [-0.39, 0.29) is 5.54 Å². The van der Waals surface area contributed by atoms with Gasteiger partial charge in [-0.25, -0.2) is 0 Å². The first-order valence-electron chi connectivity index (χ1n) is 6.08. The summed E-state index contributed by atoms with van der Waals surface area (Å²) in [5.74, 6) is 0. The maximum Gasteiger partial charge on any atom is 0.0366 e. The van der Waals surface area contributed by atoms with Gasteiger partial charge in [0.2, 0.25) is 0 Å². The minimum Gasteiger partial charge on any atom is -0.371 e. The number of nitrogens with zero attached hydrogens (tertiary/aromatic N) is 1. The first-order chi connectivity index (χ1) is 7.53. The van der Waals surface area contributed by atoms with Gasteiger partial charge in [-0.1, -0.05) is 18.2 Å². The van der Waals surface area contributed by atoms with Gasteiger partial charge in [0, 0.05) is 30.9 Å². The molecule has 0 aromatic heterocycles. The molecule has 0 saturated heterocycles. The molecule has 2 heteroatoms. The Morgan fingerprint density at radius 3 is 2.25 bits per heavy atom. The van der Waals surface area contributed by atoms with E-state index >= 15 is 0 Å². The summed E-state index contributed by atoms with van der Waals surface area (Å²) in [5.41, 5.74) is 1.51. The van der Waals surface area contributed by atoms with Gasteiger partial charge >= 0.3 is 0 Å². The number of benzene rings is 1. The van der Waals surface area contributed by atoms with E-state index in [9.17, 15) is 0 Å². The van der Waals surface area contributed by atoms with Crippen molar-refractivity contribution in [2.45, 2.75) is 33.2 Å². The van der Waals surface area contributed by atoms with Crippen LogP contribution in [-0.4, -0.2) is 25.2 Å². The van der Waals surface area contributed by atoms with E-state index in [2.05, 4.69) is 68.2 Å². The van der Waals surface area contributed by atoms with E-state index in [1.807, 2.05) is 0 Å². The van der Waals surface area contributed by atoms with Crippen molar-refractivity contribution in [3.63, 3.8) is 0 Å². The van der Waals surface area contributed by atoms with Crippen molar-refractivity contribution in [3.05, 3.63) is 30.3 Å². The van der Waals surface area contributed by atoms with Crippen molar-refractivity contribution < 1.29 is 0 Å². The molecule has 0 aliphatic heterocycles. The Hall–Kier alpha value is -1.02. The molecule has 16 heavy (non-hydrogen) atoms. The summed E-state index contributed by atoms with van der Waals surface area (Å²) >= 11 is 0. The van der Waals surface area contributed by atoms with Gasteiger partial charge in [0.05, 0.1) is 0 Å². The number of hydrogen-bond acceptors (Lipinski definition) is 2.